The van der Waals surface area contributed by atoms with Crippen LogP contribution in [-0.4, -0.2) is 22.4 Å². The highest BCUT2D eigenvalue weighted by Gasteiger charge is 2.87. The minimum Gasteiger partial charge on any atom is -0.396 e. The van der Waals surface area contributed by atoms with Gasteiger partial charge in [-0.15, -0.1) is 0 Å². The number of fused-ring (bicyclic) bond motifs is 4. The van der Waals surface area contributed by atoms with E-state index in [4.69, 9.17) is 0 Å². The van der Waals surface area contributed by atoms with Crippen molar-refractivity contribution < 1.29 is 10.2 Å². The van der Waals surface area contributed by atoms with Gasteiger partial charge in [-0.3, -0.25) is 0 Å². The lowest BCUT2D eigenvalue weighted by Gasteiger charge is -2.57. The molecular weight excluding hydrogens is 332 g/mol. The minimum atomic E-state index is -0.640. The van der Waals surface area contributed by atoms with Crippen molar-refractivity contribution in [3.63, 3.8) is 0 Å². The van der Waals surface area contributed by atoms with E-state index < -0.39 is 5.60 Å². The molecule has 0 aliphatic heterocycles. The molecule has 5 fully saturated rings. The Morgan fingerprint density at radius 2 is 1.70 bits per heavy atom. The molecule has 5 aliphatic rings. The van der Waals surface area contributed by atoms with E-state index >= 15 is 0 Å². The third kappa shape index (κ3) is 1.92. The van der Waals surface area contributed by atoms with Gasteiger partial charge in [0.05, 0.1) is 12.2 Å². The van der Waals surface area contributed by atoms with E-state index in [2.05, 4.69) is 34.6 Å². The van der Waals surface area contributed by atoms with Crippen LogP contribution in [0, 0.1) is 57.7 Å². The molecule has 2 nitrogen and oxygen atoms in total. The Morgan fingerprint density at radius 3 is 2.37 bits per heavy atom. The Bertz CT molecular complexity index is 630. The van der Waals surface area contributed by atoms with Crippen molar-refractivity contribution in [1.29, 1.82) is 0 Å². The average Bonchev–Trinajstić information content (AvgIpc) is 2.89. The van der Waals surface area contributed by atoms with Gasteiger partial charge in [-0.05, 0) is 104 Å². The number of hydrogen-bond acceptors (Lipinski definition) is 2. The van der Waals surface area contributed by atoms with Crippen LogP contribution in [0.1, 0.15) is 86.0 Å². The molecule has 2 heteroatoms. The van der Waals surface area contributed by atoms with Crippen molar-refractivity contribution in [2.45, 2.75) is 91.6 Å². The molecule has 27 heavy (non-hydrogen) atoms. The Hall–Kier alpha value is -0.0800. The van der Waals surface area contributed by atoms with Crippen LogP contribution in [0.5, 0.6) is 0 Å². The first-order valence-corrected chi connectivity index (χ1v) is 12.0. The van der Waals surface area contributed by atoms with Crippen LogP contribution in [0.2, 0.25) is 0 Å². The van der Waals surface area contributed by atoms with Crippen molar-refractivity contribution in [2.24, 2.45) is 57.7 Å². The quantitative estimate of drug-likeness (QED) is 0.691. The first kappa shape index (κ1) is 18.9. The number of rotatable bonds is 2. The summed E-state index contributed by atoms with van der Waals surface area (Å²) in [7, 11) is 0. The molecule has 2 N–H and O–H groups in total. The summed E-state index contributed by atoms with van der Waals surface area (Å²) in [6.45, 7) is 12.4. The number of aliphatic hydroxyl groups excluding tert-OH is 1. The molecule has 5 aliphatic carbocycles. The van der Waals surface area contributed by atoms with Gasteiger partial charge in [-0.2, -0.15) is 0 Å². The van der Waals surface area contributed by atoms with E-state index in [1.807, 2.05) is 0 Å². The Morgan fingerprint density at radius 1 is 0.963 bits per heavy atom. The second kappa shape index (κ2) is 5.54. The lowest BCUT2D eigenvalue weighted by Crippen LogP contribution is -2.59. The molecule has 10 atom stereocenters. The third-order valence-electron chi connectivity index (χ3n) is 11.6. The van der Waals surface area contributed by atoms with Crippen LogP contribution in [0.25, 0.3) is 0 Å². The van der Waals surface area contributed by atoms with E-state index in [0.717, 1.165) is 12.3 Å². The van der Waals surface area contributed by atoms with E-state index in [9.17, 15) is 10.2 Å². The zero-order valence-electron chi connectivity index (χ0n) is 18.3. The summed E-state index contributed by atoms with van der Waals surface area (Å²) in [5.74, 6) is 4.31. The van der Waals surface area contributed by atoms with Crippen molar-refractivity contribution in [3.8, 4) is 0 Å². The second-order valence-electron chi connectivity index (χ2n) is 12.4. The van der Waals surface area contributed by atoms with Crippen LogP contribution in [0.3, 0.4) is 0 Å². The Labute approximate surface area is 166 Å². The van der Waals surface area contributed by atoms with E-state index in [1.54, 1.807) is 0 Å². The molecule has 0 aromatic heterocycles. The van der Waals surface area contributed by atoms with E-state index in [-0.39, 0.29) is 17.4 Å². The van der Waals surface area contributed by atoms with Gasteiger partial charge in [0.15, 0.2) is 0 Å². The fraction of sp³-hybridized carbons (Fsp3) is 1.00. The first-order valence-electron chi connectivity index (χ1n) is 12.0. The maximum atomic E-state index is 12.6. The minimum absolute atomic E-state index is 0.196. The normalized spacial score (nSPS) is 61.8. The molecule has 5 saturated carbocycles. The van der Waals surface area contributed by atoms with Gasteiger partial charge in [0.1, 0.15) is 0 Å². The molecular formula is C25H42O2. The van der Waals surface area contributed by atoms with Gasteiger partial charge in [0.25, 0.3) is 0 Å². The molecule has 0 saturated heterocycles. The van der Waals surface area contributed by atoms with Crippen LogP contribution in [0.15, 0.2) is 0 Å². The van der Waals surface area contributed by atoms with Crippen LogP contribution >= 0.6 is 0 Å². The Balaban J connectivity index is 1.61. The molecule has 0 radical (unpaired) electrons. The molecule has 0 aromatic rings. The average molecular weight is 375 g/mol. The predicted molar refractivity (Wildman–Crippen MR) is 109 cm³/mol. The van der Waals surface area contributed by atoms with Crippen molar-refractivity contribution in [2.75, 3.05) is 6.61 Å². The van der Waals surface area contributed by atoms with E-state index in [0.29, 0.717) is 40.9 Å². The third-order valence-corrected chi connectivity index (χ3v) is 11.6. The Kier molecular flexibility index (Phi) is 3.88. The fourth-order valence-electron chi connectivity index (χ4n) is 10.3. The molecule has 0 bridgehead atoms. The monoisotopic (exact) mass is 374 g/mol. The highest BCUT2D eigenvalue weighted by molar-refractivity contribution is 5.35. The zero-order valence-corrected chi connectivity index (χ0v) is 18.3. The number of hydrogen-bond donors (Lipinski definition) is 2. The summed E-state index contributed by atoms with van der Waals surface area (Å²) in [6, 6.07) is 0. The van der Waals surface area contributed by atoms with E-state index in [1.165, 1.54) is 44.9 Å². The molecule has 0 amide bonds. The van der Waals surface area contributed by atoms with Crippen molar-refractivity contribution in [3.05, 3.63) is 0 Å². The smallest absolute Gasteiger partial charge is 0.0767 e. The van der Waals surface area contributed by atoms with Crippen LogP contribution in [0.4, 0.5) is 0 Å². The summed E-state index contributed by atoms with van der Waals surface area (Å²) in [6.07, 6.45) is 9.88. The lowest BCUT2D eigenvalue weighted by atomic mass is 9.51. The van der Waals surface area contributed by atoms with Gasteiger partial charge < -0.3 is 10.2 Å². The van der Waals surface area contributed by atoms with Crippen LogP contribution in [-0.2, 0) is 0 Å². The van der Waals surface area contributed by atoms with Gasteiger partial charge in [-0.25, -0.2) is 0 Å². The lowest BCUT2D eigenvalue weighted by molar-refractivity contribution is -0.189. The predicted octanol–water partition coefficient (Wildman–Crippen LogP) is 5.27. The summed E-state index contributed by atoms with van der Waals surface area (Å²) < 4.78 is 0. The number of aliphatic hydroxyl groups is 2. The zero-order chi connectivity index (χ0) is 19.4. The topological polar surface area (TPSA) is 40.5 Å². The maximum Gasteiger partial charge on any atom is 0.0767 e. The summed E-state index contributed by atoms with van der Waals surface area (Å²) in [5, 5.41) is 23.5. The second-order valence-corrected chi connectivity index (χ2v) is 12.4. The molecule has 5 rings (SSSR count). The van der Waals surface area contributed by atoms with Gasteiger partial charge in [-0.1, -0.05) is 34.6 Å². The highest BCUT2D eigenvalue weighted by Crippen LogP contribution is 2.87. The van der Waals surface area contributed by atoms with Crippen LogP contribution < -0.4 is 0 Å². The SMILES string of the molecule is CC(C)[C@H]1CC[C@]2(C)C[C@@H]3[C@@H](C)CC[C@@]45[C@@H](CC[C@@H]4C)[C@]5(CO)[C@@]3(O)C[C@@H]12. The molecule has 0 unspecified atom stereocenters. The molecule has 154 valence electrons. The van der Waals surface area contributed by atoms with Crippen molar-refractivity contribution in [1.82, 2.24) is 0 Å². The molecule has 0 aromatic carbocycles. The summed E-state index contributed by atoms with van der Waals surface area (Å²) in [5.41, 5.74) is -0.194. The summed E-state index contributed by atoms with van der Waals surface area (Å²) in [4.78, 5) is 0. The molecule has 0 heterocycles. The first-order chi connectivity index (χ1) is 12.7. The fourth-order valence-corrected chi connectivity index (χ4v) is 10.3. The van der Waals surface area contributed by atoms with Gasteiger partial charge in [0.2, 0.25) is 0 Å². The largest absolute Gasteiger partial charge is 0.396 e. The summed E-state index contributed by atoms with van der Waals surface area (Å²) >= 11 is 0. The van der Waals surface area contributed by atoms with Crippen molar-refractivity contribution >= 4 is 0 Å². The van der Waals surface area contributed by atoms with Gasteiger partial charge in [0, 0.05) is 5.41 Å². The standard InChI is InChI=1S/C25H42O2/c1-15(2)18-9-10-22(5)12-19-16(3)8-11-23-17(4)6-7-21(23)24(23,14-26)25(19,27)13-20(18)22/h15-21,26-27H,6-14H2,1-5H3/t16-,17-,18+,19+,20-,21+,22+,23-,24-,25+/m0/s1. The van der Waals surface area contributed by atoms with Gasteiger partial charge >= 0.3 is 0 Å². The molecule has 1 spiro atoms. The maximum absolute atomic E-state index is 12.6. The highest BCUT2D eigenvalue weighted by atomic mass is 16.3.